The predicted octanol–water partition coefficient (Wildman–Crippen LogP) is 2.39. The third-order valence-corrected chi connectivity index (χ3v) is 2.21. The molecule has 1 aromatic carbocycles. The van der Waals surface area contributed by atoms with Gasteiger partial charge in [-0.2, -0.15) is 0 Å². The van der Waals surface area contributed by atoms with Crippen LogP contribution in [0.15, 0.2) is 18.2 Å². The Balaban J connectivity index is 3.09. The SMILES string of the molecule is Cc1ccc(C(=O)O)c(N(C)CC(F)F)c1. The average molecular weight is 229 g/mol. The van der Waals surface area contributed by atoms with Gasteiger partial charge in [-0.25, -0.2) is 13.6 Å². The molecule has 0 aliphatic carbocycles. The number of halogens is 2. The van der Waals surface area contributed by atoms with Gasteiger partial charge in [0.1, 0.15) is 0 Å². The van der Waals surface area contributed by atoms with Crippen molar-refractivity contribution < 1.29 is 18.7 Å². The molecule has 0 saturated carbocycles. The second kappa shape index (κ2) is 4.92. The second-order valence-corrected chi connectivity index (χ2v) is 3.60. The third kappa shape index (κ3) is 2.92. The minimum absolute atomic E-state index is 0.0359. The molecular weight excluding hydrogens is 216 g/mol. The van der Waals surface area contributed by atoms with Crippen molar-refractivity contribution in [2.75, 3.05) is 18.5 Å². The highest BCUT2D eigenvalue weighted by molar-refractivity contribution is 5.94. The number of aromatic carboxylic acids is 1. The Labute approximate surface area is 92.3 Å². The van der Waals surface area contributed by atoms with Crippen LogP contribution in [0.2, 0.25) is 0 Å². The maximum absolute atomic E-state index is 12.2. The van der Waals surface area contributed by atoms with Crippen LogP contribution in [0, 0.1) is 6.92 Å². The van der Waals surface area contributed by atoms with Gasteiger partial charge >= 0.3 is 5.97 Å². The van der Waals surface area contributed by atoms with E-state index in [1.54, 1.807) is 19.1 Å². The lowest BCUT2D eigenvalue weighted by atomic mass is 10.1. The number of carbonyl (C=O) groups is 1. The zero-order valence-electron chi connectivity index (χ0n) is 9.08. The molecule has 0 amide bonds. The van der Waals surface area contributed by atoms with Gasteiger partial charge in [0.05, 0.1) is 17.8 Å². The van der Waals surface area contributed by atoms with Crippen LogP contribution in [0.4, 0.5) is 14.5 Å². The van der Waals surface area contributed by atoms with Crippen LogP contribution in [0.5, 0.6) is 0 Å². The summed E-state index contributed by atoms with van der Waals surface area (Å²) in [6.45, 7) is 1.30. The van der Waals surface area contributed by atoms with Gasteiger partial charge in [0.25, 0.3) is 6.43 Å². The van der Waals surface area contributed by atoms with Crippen LogP contribution < -0.4 is 4.90 Å². The van der Waals surface area contributed by atoms with Gasteiger partial charge in [-0.15, -0.1) is 0 Å². The molecular formula is C11H13F2NO2. The molecule has 1 N–H and O–H groups in total. The fourth-order valence-corrected chi connectivity index (χ4v) is 1.44. The summed E-state index contributed by atoms with van der Waals surface area (Å²) in [5.74, 6) is -1.11. The summed E-state index contributed by atoms with van der Waals surface area (Å²) in [5, 5.41) is 8.93. The van der Waals surface area contributed by atoms with E-state index in [0.717, 1.165) is 5.56 Å². The van der Waals surface area contributed by atoms with Gasteiger partial charge in [-0.1, -0.05) is 6.07 Å². The van der Waals surface area contributed by atoms with Gasteiger partial charge < -0.3 is 10.0 Å². The molecule has 0 spiro atoms. The topological polar surface area (TPSA) is 40.5 Å². The lowest BCUT2D eigenvalue weighted by Gasteiger charge is -2.21. The number of carboxylic acid groups (broad SMARTS) is 1. The average Bonchev–Trinajstić information content (AvgIpc) is 2.15. The molecule has 16 heavy (non-hydrogen) atoms. The van der Waals surface area contributed by atoms with Crippen molar-refractivity contribution in [3.63, 3.8) is 0 Å². The molecule has 5 heteroatoms. The summed E-state index contributed by atoms with van der Waals surface area (Å²) in [7, 11) is 1.45. The Morgan fingerprint density at radius 3 is 2.62 bits per heavy atom. The number of nitrogens with zero attached hydrogens (tertiary/aromatic N) is 1. The van der Waals surface area contributed by atoms with E-state index in [4.69, 9.17) is 5.11 Å². The molecule has 0 bridgehead atoms. The first-order chi connectivity index (χ1) is 7.41. The summed E-state index contributed by atoms with van der Waals surface area (Å²) in [5.41, 5.74) is 1.18. The fourth-order valence-electron chi connectivity index (χ4n) is 1.44. The van der Waals surface area contributed by atoms with Crippen molar-refractivity contribution in [3.05, 3.63) is 29.3 Å². The van der Waals surface area contributed by atoms with Gasteiger partial charge in [-0.05, 0) is 24.6 Å². The lowest BCUT2D eigenvalue weighted by molar-refractivity contribution is 0.0697. The molecule has 0 fully saturated rings. The molecule has 1 rings (SSSR count). The van der Waals surface area contributed by atoms with Crippen LogP contribution >= 0.6 is 0 Å². The first-order valence-electron chi connectivity index (χ1n) is 4.75. The fraction of sp³-hybridized carbons (Fsp3) is 0.364. The molecule has 0 radical (unpaired) electrons. The third-order valence-electron chi connectivity index (χ3n) is 2.21. The number of anilines is 1. The van der Waals surface area contributed by atoms with E-state index >= 15 is 0 Å². The van der Waals surface area contributed by atoms with Gasteiger partial charge in [0.15, 0.2) is 0 Å². The normalized spacial score (nSPS) is 10.6. The summed E-state index contributed by atoms with van der Waals surface area (Å²) < 4.78 is 24.4. The Morgan fingerprint density at radius 1 is 1.50 bits per heavy atom. The Kier molecular flexibility index (Phi) is 3.82. The van der Waals surface area contributed by atoms with E-state index < -0.39 is 18.9 Å². The van der Waals surface area contributed by atoms with Crippen LogP contribution in [0.25, 0.3) is 0 Å². The molecule has 3 nitrogen and oxygen atoms in total. The summed E-state index contributed by atoms with van der Waals surface area (Å²) >= 11 is 0. The van der Waals surface area contributed by atoms with Crippen molar-refractivity contribution in [2.24, 2.45) is 0 Å². The number of aryl methyl sites for hydroxylation is 1. The molecule has 1 aromatic rings. The van der Waals surface area contributed by atoms with Gasteiger partial charge in [-0.3, -0.25) is 0 Å². The minimum atomic E-state index is -2.49. The predicted molar refractivity (Wildman–Crippen MR) is 57.4 cm³/mol. The number of benzene rings is 1. The number of alkyl halides is 2. The van der Waals surface area contributed by atoms with Crippen LogP contribution in [0.3, 0.4) is 0 Å². The van der Waals surface area contributed by atoms with E-state index in [1.165, 1.54) is 18.0 Å². The van der Waals surface area contributed by atoms with Crippen LogP contribution in [-0.2, 0) is 0 Å². The van der Waals surface area contributed by atoms with E-state index in [2.05, 4.69) is 0 Å². The highest BCUT2D eigenvalue weighted by Gasteiger charge is 2.16. The van der Waals surface area contributed by atoms with Gasteiger partial charge in [0.2, 0.25) is 0 Å². The first-order valence-corrected chi connectivity index (χ1v) is 4.75. The number of rotatable bonds is 4. The molecule has 0 heterocycles. The zero-order chi connectivity index (χ0) is 12.3. The monoisotopic (exact) mass is 229 g/mol. The molecule has 0 saturated heterocycles. The minimum Gasteiger partial charge on any atom is -0.478 e. The smallest absolute Gasteiger partial charge is 0.337 e. The summed E-state index contributed by atoms with van der Waals surface area (Å²) in [4.78, 5) is 12.2. The highest BCUT2D eigenvalue weighted by atomic mass is 19.3. The van der Waals surface area contributed by atoms with Crippen LogP contribution in [-0.4, -0.2) is 31.1 Å². The van der Waals surface area contributed by atoms with E-state index in [0.29, 0.717) is 5.69 Å². The first kappa shape index (κ1) is 12.4. The van der Waals surface area contributed by atoms with Crippen LogP contribution in [0.1, 0.15) is 15.9 Å². The lowest BCUT2D eigenvalue weighted by Crippen LogP contribution is -2.25. The van der Waals surface area contributed by atoms with E-state index in [-0.39, 0.29) is 5.56 Å². The molecule has 0 aromatic heterocycles. The maximum Gasteiger partial charge on any atom is 0.337 e. The number of hydrogen-bond acceptors (Lipinski definition) is 2. The Hall–Kier alpha value is -1.65. The van der Waals surface area contributed by atoms with Crippen molar-refractivity contribution in [1.82, 2.24) is 0 Å². The molecule has 0 unspecified atom stereocenters. The summed E-state index contributed by atoms with van der Waals surface area (Å²) in [6, 6.07) is 4.66. The second-order valence-electron chi connectivity index (χ2n) is 3.60. The Morgan fingerprint density at radius 2 is 2.12 bits per heavy atom. The van der Waals surface area contributed by atoms with Crippen molar-refractivity contribution in [3.8, 4) is 0 Å². The molecule has 0 aliphatic heterocycles. The zero-order valence-corrected chi connectivity index (χ0v) is 9.08. The van der Waals surface area contributed by atoms with E-state index in [9.17, 15) is 13.6 Å². The highest BCUT2D eigenvalue weighted by Crippen LogP contribution is 2.21. The van der Waals surface area contributed by atoms with Crippen molar-refractivity contribution in [1.29, 1.82) is 0 Å². The quantitative estimate of drug-likeness (QED) is 0.861. The molecule has 88 valence electrons. The summed E-state index contributed by atoms with van der Waals surface area (Å²) in [6.07, 6.45) is -2.49. The number of hydrogen-bond donors (Lipinski definition) is 1. The maximum atomic E-state index is 12.2. The van der Waals surface area contributed by atoms with Gasteiger partial charge in [0, 0.05) is 7.05 Å². The largest absolute Gasteiger partial charge is 0.478 e. The molecule has 0 atom stereocenters. The number of carboxylic acids is 1. The standard InChI is InChI=1S/C11H13F2NO2/c1-7-3-4-8(11(15)16)9(5-7)14(2)6-10(12)13/h3-5,10H,6H2,1-2H3,(H,15,16). The van der Waals surface area contributed by atoms with Crippen molar-refractivity contribution >= 4 is 11.7 Å². The Bertz CT molecular complexity index is 394. The van der Waals surface area contributed by atoms with Crippen molar-refractivity contribution in [2.45, 2.75) is 13.3 Å². The van der Waals surface area contributed by atoms with E-state index in [1.807, 2.05) is 0 Å². The molecule has 0 aliphatic rings.